The van der Waals surface area contributed by atoms with E-state index < -0.39 is 5.82 Å². The Labute approximate surface area is 214 Å². The maximum absolute atomic E-state index is 14.1. The summed E-state index contributed by atoms with van der Waals surface area (Å²) < 4.78 is 27.6. The first-order valence-corrected chi connectivity index (χ1v) is 12.7. The molecule has 1 aromatic carbocycles. The normalized spacial score (nSPS) is 15.4. The minimum Gasteiger partial charge on any atom is -0.496 e. The van der Waals surface area contributed by atoms with Gasteiger partial charge in [-0.3, -0.25) is 4.98 Å². The van der Waals surface area contributed by atoms with Crippen molar-refractivity contribution in [3.63, 3.8) is 0 Å². The van der Waals surface area contributed by atoms with Crippen molar-refractivity contribution in [1.82, 2.24) is 29.4 Å². The number of hydrogen-bond acceptors (Lipinski definition) is 7. The zero-order valence-corrected chi connectivity index (χ0v) is 21.2. The Morgan fingerprint density at radius 2 is 1.89 bits per heavy atom. The number of pyridine rings is 1. The summed E-state index contributed by atoms with van der Waals surface area (Å²) in [5, 5.41) is 0. The monoisotopic (exact) mass is 500 g/mol. The van der Waals surface area contributed by atoms with Crippen LogP contribution >= 0.6 is 0 Å². The third-order valence-corrected chi connectivity index (χ3v) is 7.22. The Balaban J connectivity index is 1.46. The molecule has 0 N–H and O–H groups in total. The number of halogens is 1. The average Bonchev–Trinajstić information content (AvgIpc) is 3.28. The Hall–Kier alpha value is -4.01. The molecule has 2 bridgehead atoms. The summed E-state index contributed by atoms with van der Waals surface area (Å²) in [5.74, 6) is 1.51. The lowest BCUT2D eigenvalue weighted by atomic mass is 9.82. The van der Waals surface area contributed by atoms with Crippen molar-refractivity contribution < 1.29 is 13.9 Å². The largest absolute Gasteiger partial charge is 0.496 e. The number of fused-ring (bicyclic) bond motifs is 3. The van der Waals surface area contributed by atoms with E-state index in [9.17, 15) is 4.39 Å². The lowest BCUT2D eigenvalue weighted by Crippen LogP contribution is -2.35. The van der Waals surface area contributed by atoms with Crippen LogP contribution in [-0.2, 0) is 6.54 Å². The van der Waals surface area contributed by atoms with Gasteiger partial charge in [0.2, 0.25) is 0 Å². The van der Waals surface area contributed by atoms with Crippen molar-refractivity contribution in [2.75, 3.05) is 26.8 Å². The number of rotatable bonds is 7. The lowest BCUT2D eigenvalue weighted by Gasteiger charge is -2.39. The first kappa shape index (κ1) is 23.4. The first-order chi connectivity index (χ1) is 18.0. The van der Waals surface area contributed by atoms with E-state index in [1.54, 1.807) is 13.3 Å². The zero-order valence-electron chi connectivity index (χ0n) is 21.2. The van der Waals surface area contributed by atoms with Gasteiger partial charge in [-0.1, -0.05) is 12.1 Å². The summed E-state index contributed by atoms with van der Waals surface area (Å²) in [7, 11) is 1.69. The summed E-state index contributed by atoms with van der Waals surface area (Å²) in [5.41, 5.74) is 6.03. The number of nitrogens with zero attached hydrogens (tertiary/aromatic N) is 6. The summed E-state index contributed by atoms with van der Waals surface area (Å²) in [6.07, 6.45) is 7.48. The van der Waals surface area contributed by atoms with Crippen molar-refractivity contribution in [3.05, 3.63) is 65.5 Å². The Kier molecular flexibility index (Phi) is 5.98. The predicted molar refractivity (Wildman–Crippen MR) is 139 cm³/mol. The molecule has 9 heteroatoms. The van der Waals surface area contributed by atoms with E-state index in [4.69, 9.17) is 14.5 Å². The first-order valence-electron chi connectivity index (χ1n) is 12.7. The number of methoxy groups -OCH3 is 1. The van der Waals surface area contributed by atoms with E-state index in [0.717, 1.165) is 24.4 Å². The fourth-order valence-corrected chi connectivity index (χ4v) is 5.39. The smallest absolute Gasteiger partial charge is 0.318 e. The van der Waals surface area contributed by atoms with E-state index in [0.29, 0.717) is 47.3 Å². The highest BCUT2D eigenvalue weighted by Gasteiger charge is 2.28. The second kappa shape index (κ2) is 9.46. The standard InChI is InChI=1S/C28H29FN6O2/c1-4-37-28-31-17(2)25-27(33-28)35(26(32-25)21-11-22(29)14-30-13-21)15-20-6-5-19(12-24(20)36-3)23-16-34-9-7-18(23)8-10-34/h5-6,11-14,16,18H,4,7-10,15H2,1-3H3. The number of aromatic nitrogens is 5. The molecule has 6 heterocycles. The summed E-state index contributed by atoms with van der Waals surface area (Å²) >= 11 is 0. The van der Waals surface area contributed by atoms with Crippen LogP contribution in [0.2, 0.25) is 0 Å². The van der Waals surface area contributed by atoms with Crippen LogP contribution in [-0.4, -0.2) is 56.2 Å². The van der Waals surface area contributed by atoms with Gasteiger partial charge in [-0.25, -0.2) is 9.37 Å². The van der Waals surface area contributed by atoms with E-state index in [1.807, 2.05) is 18.4 Å². The number of ether oxygens (including phenoxy) is 2. The molecule has 4 aromatic rings. The van der Waals surface area contributed by atoms with Crippen LogP contribution < -0.4 is 9.47 Å². The molecule has 1 fully saturated rings. The van der Waals surface area contributed by atoms with Crippen molar-refractivity contribution in [3.8, 4) is 23.1 Å². The van der Waals surface area contributed by atoms with Crippen LogP contribution in [0, 0.1) is 18.7 Å². The Morgan fingerprint density at radius 3 is 2.59 bits per heavy atom. The Bertz CT molecular complexity index is 1510. The second-order valence-electron chi connectivity index (χ2n) is 9.53. The summed E-state index contributed by atoms with van der Waals surface area (Å²) in [6, 6.07) is 8.10. The SMILES string of the molecule is CCOc1nc(C)c2nc(-c3cncc(F)c3)n(Cc3ccc(C4=CN5CCC4CC5)cc3OC)c2n1. The molecule has 0 atom stereocenters. The number of hydrogen-bond donors (Lipinski definition) is 0. The third kappa shape index (κ3) is 4.28. The number of aryl methyl sites for hydroxylation is 1. The van der Waals surface area contributed by atoms with Gasteiger partial charge in [-0.15, -0.1) is 0 Å². The van der Waals surface area contributed by atoms with E-state index in [2.05, 4.69) is 44.3 Å². The topological polar surface area (TPSA) is 78.2 Å². The van der Waals surface area contributed by atoms with Gasteiger partial charge in [0.25, 0.3) is 0 Å². The third-order valence-electron chi connectivity index (χ3n) is 7.22. The molecule has 1 saturated heterocycles. The van der Waals surface area contributed by atoms with E-state index in [-0.39, 0.29) is 6.01 Å². The van der Waals surface area contributed by atoms with Crippen molar-refractivity contribution >= 4 is 16.7 Å². The molecule has 0 unspecified atom stereocenters. The molecule has 0 aliphatic carbocycles. The number of benzene rings is 1. The highest BCUT2D eigenvalue weighted by atomic mass is 19.1. The van der Waals surface area contributed by atoms with Crippen LogP contribution in [0.3, 0.4) is 0 Å². The van der Waals surface area contributed by atoms with Gasteiger partial charge in [0, 0.05) is 36.6 Å². The second-order valence-corrected chi connectivity index (χ2v) is 9.53. The fraction of sp³-hybridized carbons (Fsp3) is 0.357. The van der Waals surface area contributed by atoms with E-state index >= 15 is 0 Å². The molecular formula is C28H29FN6O2. The maximum atomic E-state index is 14.1. The van der Waals surface area contributed by atoms with Gasteiger partial charge in [0.1, 0.15) is 22.9 Å². The molecule has 3 aliphatic rings. The minimum absolute atomic E-state index is 0.286. The average molecular weight is 501 g/mol. The molecule has 0 spiro atoms. The van der Waals surface area contributed by atoms with Crippen LogP contribution in [0.5, 0.6) is 11.8 Å². The zero-order chi connectivity index (χ0) is 25.5. The number of imidazole rings is 1. The molecule has 3 aliphatic heterocycles. The summed E-state index contributed by atoms with van der Waals surface area (Å²) in [4.78, 5) is 20.4. The molecular weight excluding hydrogens is 471 g/mol. The number of piperidine rings is 1. The quantitative estimate of drug-likeness (QED) is 0.359. The molecule has 7 rings (SSSR count). The van der Waals surface area contributed by atoms with Crippen LogP contribution in [0.4, 0.5) is 4.39 Å². The highest BCUT2D eigenvalue weighted by Crippen LogP contribution is 2.39. The molecule has 0 radical (unpaired) electrons. The highest BCUT2D eigenvalue weighted by molar-refractivity contribution is 5.79. The Morgan fingerprint density at radius 1 is 1.05 bits per heavy atom. The fourth-order valence-electron chi connectivity index (χ4n) is 5.39. The van der Waals surface area contributed by atoms with Gasteiger partial charge >= 0.3 is 6.01 Å². The molecule has 0 saturated carbocycles. The predicted octanol–water partition coefficient (Wildman–Crippen LogP) is 4.86. The van der Waals surface area contributed by atoms with Crippen LogP contribution in [0.15, 0.2) is 42.9 Å². The maximum Gasteiger partial charge on any atom is 0.318 e. The van der Waals surface area contributed by atoms with Gasteiger partial charge in [0.15, 0.2) is 5.65 Å². The molecule has 37 heavy (non-hydrogen) atoms. The van der Waals surface area contributed by atoms with Crippen molar-refractivity contribution in [1.29, 1.82) is 0 Å². The van der Waals surface area contributed by atoms with Crippen LogP contribution in [0.1, 0.15) is 36.6 Å². The van der Waals surface area contributed by atoms with Crippen molar-refractivity contribution in [2.45, 2.75) is 33.2 Å². The molecule has 190 valence electrons. The number of allylic oxidation sites excluding steroid dienone is 1. The molecule has 8 nitrogen and oxygen atoms in total. The molecule has 0 amide bonds. The van der Waals surface area contributed by atoms with Gasteiger partial charge in [-0.05, 0) is 55.9 Å². The minimum atomic E-state index is -0.429. The van der Waals surface area contributed by atoms with Gasteiger partial charge < -0.3 is 18.9 Å². The van der Waals surface area contributed by atoms with E-state index in [1.165, 1.54) is 36.2 Å². The van der Waals surface area contributed by atoms with Gasteiger partial charge in [-0.2, -0.15) is 9.97 Å². The molecule has 3 aromatic heterocycles. The summed E-state index contributed by atoms with van der Waals surface area (Å²) in [6.45, 7) is 6.90. The lowest BCUT2D eigenvalue weighted by molar-refractivity contribution is 0.252. The van der Waals surface area contributed by atoms with Gasteiger partial charge in [0.05, 0.1) is 32.2 Å². The van der Waals surface area contributed by atoms with Crippen molar-refractivity contribution in [2.24, 2.45) is 5.92 Å². The van der Waals surface area contributed by atoms with Crippen LogP contribution in [0.25, 0.3) is 28.1 Å².